The second kappa shape index (κ2) is 3.41. The van der Waals surface area contributed by atoms with Gasteiger partial charge in [0.2, 0.25) is 0 Å². The Hall–Kier alpha value is -0.670. The minimum Gasteiger partial charge on any atom is -0.222 e. The molecule has 2 nitrogen and oxygen atoms in total. The molecule has 0 aliphatic heterocycles. The zero-order valence-corrected chi connectivity index (χ0v) is 11.1. The van der Waals surface area contributed by atoms with Crippen LogP contribution in [-0.2, 0) is 0 Å². The molecule has 0 aromatic carbocycles. The van der Waals surface area contributed by atoms with E-state index in [4.69, 9.17) is 11.6 Å². The van der Waals surface area contributed by atoms with Gasteiger partial charge < -0.3 is 0 Å². The van der Waals surface area contributed by atoms with Gasteiger partial charge in [0.15, 0.2) is 0 Å². The molecule has 2 heterocycles. The van der Waals surface area contributed by atoms with Crippen LogP contribution >= 0.6 is 22.9 Å². The highest BCUT2D eigenvalue weighted by Crippen LogP contribution is 2.46. The van der Waals surface area contributed by atoms with Gasteiger partial charge in [-0.05, 0) is 31.7 Å². The first kappa shape index (κ1) is 10.5. The number of aryl methyl sites for hydroxylation is 2. The second-order valence-corrected chi connectivity index (χ2v) is 6.22. The van der Waals surface area contributed by atoms with Crippen molar-refractivity contribution in [1.82, 2.24) is 9.97 Å². The molecule has 3 rings (SSSR count). The van der Waals surface area contributed by atoms with Crippen LogP contribution in [0.2, 0.25) is 5.15 Å². The summed E-state index contributed by atoms with van der Waals surface area (Å²) < 4.78 is 0. The summed E-state index contributed by atoms with van der Waals surface area (Å²) >= 11 is 7.97. The van der Waals surface area contributed by atoms with Crippen molar-refractivity contribution >= 4 is 33.2 Å². The van der Waals surface area contributed by atoms with E-state index < -0.39 is 0 Å². The lowest BCUT2D eigenvalue weighted by molar-refractivity contribution is 0.853. The molecule has 4 heteroatoms. The molecule has 1 fully saturated rings. The average Bonchev–Trinajstić information content (AvgIpc) is 2.86. The van der Waals surface area contributed by atoms with Gasteiger partial charge in [0.05, 0.1) is 5.39 Å². The SMILES string of the molecule is Cc1sc2nc(C3CC3C)nc(Cl)c2c1C. The Labute approximate surface area is 104 Å². The summed E-state index contributed by atoms with van der Waals surface area (Å²) in [4.78, 5) is 11.4. The van der Waals surface area contributed by atoms with Crippen LogP contribution in [0, 0.1) is 19.8 Å². The van der Waals surface area contributed by atoms with E-state index in [0.29, 0.717) is 11.1 Å². The third kappa shape index (κ3) is 1.45. The number of fused-ring (bicyclic) bond motifs is 1. The van der Waals surface area contributed by atoms with Crippen LogP contribution in [-0.4, -0.2) is 9.97 Å². The Balaban J connectivity index is 2.22. The van der Waals surface area contributed by atoms with Crippen LogP contribution in [0.25, 0.3) is 10.2 Å². The maximum atomic E-state index is 6.26. The first-order valence-corrected chi connectivity index (χ1v) is 6.70. The molecule has 0 N–H and O–H groups in total. The van der Waals surface area contributed by atoms with Crippen molar-refractivity contribution in [3.05, 3.63) is 21.4 Å². The fourth-order valence-electron chi connectivity index (χ4n) is 2.06. The number of aromatic nitrogens is 2. The summed E-state index contributed by atoms with van der Waals surface area (Å²) in [5.41, 5.74) is 1.22. The minimum atomic E-state index is 0.532. The van der Waals surface area contributed by atoms with Crippen molar-refractivity contribution in [3.8, 4) is 0 Å². The molecular weight excluding hydrogens is 240 g/mol. The lowest BCUT2D eigenvalue weighted by Crippen LogP contribution is -1.94. The molecule has 0 saturated heterocycles. The zero-order chi connectivity index (χ0) is 11.4. The van der Waals surface area contributed by atoms with E-state index >= 15 is 0 Å². The highest BCUT2D eigenvalue weighted by Gasteiger charge is 2.37. The van der Waals surface area contributed by atoms with Crippen LogP contribution in [0.3, 0.4) is 0 Å². The first-order valence-electron chi connectivity index (χ1n) is 5.51. The normalized spacial score (nSPS) is 24.0. The number of thiophene rings is 1. The molecule has 0 spiro atoms. The summed E-state index contributed by atoms with van der Waals surface area (Å²) in [6, 6.07) is 0. The third-order valence-electron chi connectivity index (χ3n) is 3.44. The largest absolute Gasteiger partial charge is 0.222 e. The fraction of sp³-hybridized carbons (Fsp3) is 0.500. The predicted octanol–water partition coefficient (Wildman–Crippen LogP) is 4.08. The van der Waals surface area contributed by atoms with Crippen molar-refractivity contribution in [3.63, 3.8) is 0 Å². The topological polar surface area (TPSA) is 25.8 Å². The summed E-state index contributed by atoms with van der Waals surface area (Å²) in [5.74, 6) is 2.19. The molecule has 1 saturated carbocycles. The fourth-order valence-corrected chi connectivity index (χ4v) is 3.47. The van der Waals surface area contributed by atoms with E-state index in [1.807, 2.05) is 0 Å². The van der Waals surface area contributed by atoms with Gasteiger partial charge in [-0.2, -0.15) is 0 Å². The Bertz CT molecular complexity index is 576. The van der Waals surface area contributed by atoms with Crippen LogP contribution in [0.1, 0.15) is 35.5 Å². The number of halogens is 1. The van der Waals surface area contributed by atoms with E-state index in [2.05, 4.69) is 30.7 Å². The second-order valence-electron chi connectivity index (χ2n) is 4.66. The lowest BCUT2D eigenvalue weighted by Gasteiger charge is -2.00. The molecule has 2 aromatic heterocycles. The van der Waals surface area contributed by atoms with E-state index in [0.717, 1.165) is 22.0 Å². The molecule has 1 aliphatic rings. The molecule has 0 radical (unpaired) electrons. The molecule has 2 unspecified atom stereocenters. The molecule has 84 valence electrons. The molecule has 1 aliphatic carbocycles. The maximum Gasteiger partial charge on any atom is 0.141 e. The van der Waals surface area contributed by atoms with Gasteiger partial charge in [0, 0.05) is 10.8 Å². The highest BCUT2D eigenvalue weighted by molar-refractivity contribution is 7.18. The van der Waals surface area contributed by atoms with Crippen molar-refractivity contribution < 1.29 is 0 Å². The molecule has 2 aromatic rings. The first-order chi connectivity index (χ1) is 7.58. The van der Waals surface area contributed by atoms with E-state index in [1.165, 1.54) is 16.9 Å². The monoisotopic (exact) mass is 252 g/mol. The van der Waals surface area contributed by atoms with Gasteiger partial charge in [-0.25, -0.2) is 9.97 Å². The van der Waals surface area contributed by atoms with E-state index in [1.54, 1.807) is 11.3 Å². The Morgan fingerprint density at radius 2 is 2.00 bits per heavy atom. The van der Waals surface area contributed by atoms with Gasteiger partial charge >= 0.3 is 0 Å². The van der Waals surface area contributed by atoms with E-state index in [9.17, 15) is 0 Å². The van der Waals surface area contributed by atoms with Crippen molar-refractivity contribution in [1.29, 1.82) is 0 Å². The lowest BCUT2D eigenvalue weighted by atomic mass is 10.2. The Kier molecular flexibility index (Phi) is 2.23. The van der Waals surface area contributed by atoms with Gasteiger partial charge in [0.25, 0.3) is 0 Å². The summed E-state index contributed by atoms with van der Waals surface area (Å²) in [6.07, 6.45) is 1.20. The number of hydrogen-bond donors (Lipinski definition) is 0. The molecule has 0 amide bonds. The van der Waals surface area contributed by atoms with Crippen molar-refractivity contribution in [2.75, 3.05) is 0 Å². The number of nitrogens with zero attached hydrogens (tertiary/aromatic N) is 2. The standard InChI is InChI=1S/C12H13ClN2S/c1-5-4-8(5)11-14-10(13)9-6(2)7(3)16-12(9)15-11/h5,8H,4H2,1-3H3. The van der Waals surface area contributed by atoms with Crippen LogP contribution in [0.4, 0.5) is 0 Å². The zero-order valence-electron chi connectivity index (χ0n) is 9.54. The van der Waals surface area contributed by atoms with E-state index in [-0.39, 0.29) is 0 Å². The average molecular weight is 253 g/mol. The molecule has 2 atom stereocenters. The van der Waals surface area contributed by atoms with Crippen LogP contribution < -0.4 is 0 Å². The van der Waals surface area contributed by atoms with Gasteiger partial charge in [-0.15, -0.1) is 11.3 Å². The Morgan fingerprint density at radius 1 is 1.31 bits per heavy atom. The number of hydrogen-bond acceptors (Lipinski definition) is 3. The van der Waals surface area contributed by atoms with Crippen LogP contribution in [0.15, 0.2) is 0 Å². The van der Waals surface area contributed by atoms with Crippen molar-refractivity contribution in [2.45, 2.75) is 33.1 Å². The predicted molar refractivity (Wildman–Crippen MR) is 68.4 cm³/mol. The van der Waals surface area contributed by atoms with Gasteiger partial charge in [-0.3, -0.25) is 0 Å². The third-order valence-corrected chi connectivity index (χ3v) is 4.82. The Morgan fingerprint density at radius 3 is 2.62 bits per heavy atom. The summed E-state index contributed by atoms with van der Waals surface area (Å²) in [6.45, 7) is 6.43. The molecular formula is C12H13ClN2S. The summed E-state index contributed by atoms with van der Waals surface area (Å²) in [5, 5.41) is 1.67. The summed E-state index contributed by atoms with van der Waals surface area (Å²) in [7, 11) is 0. The number of rotatable bonds is 1. The smallest absolute Gasteiger partial charge is 0.141 e. The van der Waals surface area contributed by atoms with Crippen molar-refractivity contribution in [2.24, 2.45) is 5.92 Å². The highest BCUT2D eigenvalue weighted by atomic mass is 35.5. The van der Waals surface area contributed by atoms with Crippen LogP contribution in [0.5, 0.6) is 0 Å². The van der Waals surface area contributed by atoms with Gasteiger partial charge in [0.1, 0.15) is 15.8 Å². The maximum absolute atomic E-state index is 6.26. The van der Waals surface area contributed by atoms with Gasteiger partial charge in [-0.1, -0.05) is 18.5 Å². The molecule has 16 heavy (non-hydrogen) atoms. The quantitative estimate of drug-likeness (QED) is 0.715. The molecule has 0 bridgehead atoms. The minimum absolute atomic E-state index is 0.532.